The third-order valence-electron chi connectivity index (χ3n) is 4.81. The number of hydrogen-bond donors (Lipinski definition) is 2. The van der Waals surface area contributed by atoms with Gasteiger partial charge in [-0.25, -0.2) is 9.59 Å². The van der Waals surface area contributed by atoms with Gasteiger partial charge in [0.1, 0.15) is 4.88 Å². The number of hydrogen-bond acceptors (Lipinski definition) is 5. The molecule has 0 bridgehead atoms. The number of benzene rings is 1. The summed E-state index contributed by atoms with van der Waals surface area (Å²) in [7, 11) is 0. The molecule has 0 radical (unpaired) electrons. The molecule has 1 saturated heterocycles. The number of carboxylic acid groups (broad SMARTS) is 1. The zero-order valence-electron chi connectivity index (χ0n) is 16.1. The van der Waals surface area contributed by atoms with Gasteiger partial charge in [-0.2, -0.15) is 0 Å². The zero-order chi connectivity index (χ0) is 20.6. The Kier molecular flexibility index (Phi) is 7.43. The van der Waals surface area contributed by atoms with Crippen LogP contribution in [0.25, 0.3) is 0 Å². The fourth-order valence-corrected chi connectivity index (χ4v) is 4.22. The quantitative estimate of drug-likeness (QED) is 0.609. The molecule has 1 aliphatic rings. The lowest BCUT2D eigenvalue weighted by Gasteiger charge is -2.33. The van der Waals surface area contributed by atoms with Gasteiger partial charge in [0, 0.05) is 24.3 Å². The van der Waals surface area contributed by atoms with E-state index in [0.29, 0.717) is 43.7 Å². The summed E-state index contributed by atoms with van der Waals surface area (Å²) in [6, 6.07) is 13.1. The Labute approximate surface area is 174 Å². The lowest BCUT2D eigenvalue weighted by molar-refractivity contribution is 0.0554. The number of cyclic esters (lactones) is 1. The van der Waals surface area contributed by atoms with E-state index in [1.54, 1.807) is 17.0 Å². The molecule has 1 aliphatic heterocycles. The van der Waals surface area contributed by atoms with Crippen LogP contribution < -0.4 is 0 Å². The average molecular weight is 416 g/mol. The van der Waals surface area contributed by atoms with Crippen LogP contribution in [0.2, 0.25) is 0 Å². The van der Waals surface area contributed by atoms with Crippen molar-refractivity contribution >= 4 is 23.4 Å². The van der Waals surface area contributed by atoms with E-state index in [4.69, 9.17) is 9.84 Å². The topological polar surface area (TPSA) is 87.1 Å². The van der Waals surface area contributed by atoms with Crippen molar-refractivity contribution in [2.45, 2.75) is 37.8 Å². The predicted octanol–water partition coefficient (Wildman–Crippen LogP) is 3.75. The Hall–Kier alpha value is -2.64. The minimum absolute atomic E-state index is 0.111. The van der Waals surface area contributed by atoms with Gasteiger partial charge in [0.25, 0.3) is 0 Å². The number of aromatic carboxylic acids is 1. The number of rotatable bonds is 9. The molecule has 0 spiro atoms. The molecule has 154 valence electrons. The van der Waals surface area contributed by atoms with Crippen molar-refractivity contribution in [1.29, 1.82) is 0 Å². The SMILES string of the molecule is O=C(O)c1ccc(CCCN2C(=O)OCC[C@@H]2/C=C/[C@@H](O)Cc2ccccc2)s1. The van der Waals surface area contributed by atoms with Crippen molar-refractivity contribution < 1.29 is 24.5 Å². The number of nitrogens with zero attached hydrogens (tertiary/aromatic N) is 1. The van der Waals surface area contributed by atoms with Crippen LogP contribution >= 0.6 is 11.3 Å². The van der Waals surface area contributed by atoms with Gasteiger partial charge < -0.3 is 19.8 Å². The highest BCUT2D eigenvalue weighted by Gasteiger charge is 2.27. The molecule has 7 heteroatoms. The molecule has 2 atom stereocenters. The largest absolute Gasteiger partial charge is 0.477 e. The summed E-state index contributed by atoms with van der Waals surface area (Å²) in [6.45, 7) is 0.884. The van der Waals surface area contributed by atoms with E-state index in [-0.39, 0.29) is 12.1 Å². The second-order valence-electron chi connectivity index (χ2n) is 6.98. The molecule has 0 aliphatic carbocycles. The number of carboxylic acids is 1. The van der Waals surface area contributed by atoms with Crippen LogP contribution in [-0.2, 0) is 17.6 Å². The van der Waals surface area contributed by atoms with Crippen LogP contribution in [0, 0.1) is 0 Å². The zero-order valence-corrected chi connectivity index (χ0v) is 16.9. The molecule has 2 N–H and O–H groups in total. The van der Waals surface area contributed by atoms with E-state index in [9.17, 15) is 14.7 Å². The number of carbonyl (C=O) groups excluding carboxylic acids is 1. The van der Waals surface area contributed by atoms with Gasteiger partial charge in [-0.15, -0.1) is 11.3 Å². The van der Waals surface area contributed by atoms with Crippen LogP contribution in [0.15, 0.2) is 54.6 Å². The van der Waals surface area contributed by atoms with Crippen LogP contribution in [0.4, 0.5) is 4.79 Å². The van der Waals surface area contributed by atoms with Gasteiger partial charge in [-0.3, -0.25) is 0 Å². The van der Waals surface area contributed by atoms with E-state index >= 15 is 0 Å². The van der Waals surface area contributed by atoms with E-state index in [1.165, 1.54) is 11.3 Å². The highest BCUT2D eigenvalue weighted by molar-refractivity contribution is 7.13. The highest BCUT2D eigenvalue weighted by atomic mass is 32.1. The Balaban J connectivity index is 1.53. The molecule has 3 rings (SSSR count). The van der Waals surface area contributed by atoms with E-state index < -0.39 is 12.1 Å². The van der Waals surface area contributed by atoms with Gasteiger partial charge in [0.2, 0.25) is 0 Å². The maximum atomic E-state index is 12.2. The van der Waals surface area contributed by atoms with Gasteiger partial charge in [-0.1, -0.05) is 42.5 Å². The molecule has 1 fully saturated rings. The molecule has 1 amide bonds. The molecule has 0 unspecified atom stereocenters. The first-order valence-electron chi connectivity index (χ1n) is 9.68. The molecule has 2 aromatic rings. The van der Waals surface area contributed by atoms with E-state index in [0.717, 1.165) is 10.4 Å². The second kappa shape index (κ2) is 10.2. The highest BCUT2D eigenvalue weighted by Crippen LogP contribution is 2.20. The van der Waals surface area contributed by atoms with Crippen molar-refractivity contribution in [1.82, 2.24) is 4.90 Å². The molecule has 6 nitrogen and oxygen atoms in total. The van der Waals surface area contributed by atoms with E-state index in [1.807, 2.05) is 42.5 Å². The molecule has 0 saturated carbocycles. The van der Waals surface area contributed by atoms with Crippen LogP contribution in [-0.4, -0.2) is 52.5 Å². The summed E-state index contributed by atoms with van der Waals surface area (Å²) in [6.07, 6.45) is 5.31. The Bertz CT molecular complexity index is 848. The Morgan fingerprint density at radius 2 is 2.07 bits per heavy atom. The number of aryl methyl sites for hydroxylation is 1. The number of aliphatic hydroxyl groups is 1. The third-order valence-corrected chi connectivity index (χ3v) is 5.94. The lowest BCUT2D eigenvalue weighted by atomic mass is 10.1. The Morgan fingerprint density at radius 1 is 1.28 bits per heavy atom. The summed E-state index contributed by atoms with van der Waals surface area (Å²) in [5.41, 5.74) is 1.06. The normalized spacial score (nSPS) is 18.0. The number of carbonyl (C=O) groups is 2. The molecule has 1 aromatic heterocycles. The van der Waals surface area contributed by atoms with Crippen LogP contribution in [0.1, 0.15) is 33.0 Å². The van der Waals surface area contributed by atoms with Gasteiger partial charge in [0.05, 0.1) is 18.8 Å². The summed E-state index contributed by atoms with van der Waals surface area (Å²) in [5, 5.41) is 19.3. The number of aliphatic hydroxyl groups excluding tert-OH is 1. The smallest absolute Gasteiger partial charge is 0.410 e. The molecule has 1 aromatic carbocycles. The molecular formula is C22H25NO5S. The predicted molar refractivity (Wildman–Crippen MR) is 111 cm³/mol. The molecule has 2 heterocycles. The first-order valence-corrected chi connectivity index (χ1v) is 10.5. The van der Waals surface area contributed by atoms with Crippen molar-refractivity contribution in [3.63, 3.8) is 0 Å². The maximum absolute atomic E-state index is 12.2. The average Bonchev–Trinajstić information content (AvgIpc) is 3.18. The minimum Gasteiger partial charge on any atom is -0.477 e. The van der Waals surface area contributed by atoms with E-state index in [2.05, 4.69) is 0 Å². The summed E-state index contributed by atoms with van der Waals surface area (Å²) in [5.74, 6) is -0.917. The van der Waals surface area contributed by atoms with Crippen molar-refractivity contribution in [3.05, 3.63) is 69.9 Å². The first-order chi connectivity index (χ1) is 14.0. The maximum Gasteiger partial charge on any atom is 0.410 e. The lowest BCUT2D eigenvalue weighted by Crippen LogP contribution is -2.45. The van der Waals surface area contributed by atoms with Gasteiger partial charge in [-0.05, 0) is 30.5 Å². The molecular weight excluding hydrogens is 390 g/mol. The van der Waals surface area contributed by atoms with Crippen LogP contribution in [0.3, 0.4) is 0 Å². The fraction of sp³-hybridized carbons (Fsp3) is 0.364. The first kappa shape index (κ1) is 21.1. The third kappa shape index (κ3) is 6.17. The van der Waals surface area contributed by atoms with Crippen LogP contribution in [0.5, 0.6) is 0 Å². The number of amides is 1. The fourth-order valence-electron chi connectivity index (χ4n) is 3.33. The summed E-state index contributed by atoms with van der Waals surface area (Å²) < 4.78 is 5.18. The second-order valence-corrected chi connectivity index (χ2v) is 8.15. The van der Waals surface area contributed by atoms with Crippen molar-refractivity contribution in [2.24, 2.45) is 0 Å². The number of ether oxygens (including phenoxy) is 1. The monoisotopic (exact) mass is 415 g/mol. The molecule has 29 heavy (non-hydrogen) atoms. The number of thiophene rings is 1. The van der Waals surface area contributed by atoms with Crippen molar-refractivity contribution in [2.75, 3.05) is 13.2 Å². The summed E-state index contributed by atoms with van der Waals surface area (Å²) >= 11 is 1.26. The Morgan fingerprint density at radius 3 is 2.79 bits per heavy atom. The minimum atomic E-state index is -0.917. The van der Waals surface area contributed by atoms with Crippen molar-refractivity contribution in [3.8, 4) is 0 Å². The van der Waals surface area contributed by atoms with Gasteiger partial charge in [0.15, 0.2) is 0 Å². The van der Waals surface area contributed by atoms with Gasteiger partial charge >= 0.3 is 12.1 Å². The summed E-state index contributed by atoms with van der Waals surface area (Å²) in [4.78, 5) is 26.2. The standard InChI is InChI=1S/C22H25NO5S/c24-18(15-16-5-2-1-3-6-16)9-8-17-12-14-28-22(27)23(17)13-4-7-19-10-11-20(29-19)21(25)26/h1-3,5-6,8-11,17-18,24H,4,7,12-15H2,(H,25,26)/b9-8+/t17-,18+/m0/s1.